The third-order valence-corrected chi connectivity index (χ3v) is 3.99. The summed E-state index contributed by atoms with van der Waals surface area (Å²) in [5, 5.41) is 3.23. The van der Waals surface area contributed by atoms with Crippen LogP contribution in [0.1, 0.15) is 17.9 Å². The van der Waals surface area contributed by atoms with Crippen LogP contribution in [0.3, 0.4) is 0 Å². The van der Waals surface area contributed by atoms with E-state index in [1.54, 1.807) is 0 Å². The van der Waals surface area contributed by atoms with Crippen LogP contribution in [0, 0.1) is 0 Å². The van der Waals surface area contributed by atoms with E-state index < -0.39 is 0 Å². The van der Waals surface area contributed by atoms with Crippen LogP contribution >= 0.6 is 12.4 Å². The number of hydrogen-bond acceptors (Lipinski definition) is 3. The fourth-order valence-electron chi connectivity index (χ4n) is 2.90. The summed E-state index contributed by atoms with van der Waals surface area (Å²) in [5.74, 6) is 0.674. The number of nitrogens with zero attached hydrogens (tertiary/aromatic N) is 1. The van der Waals surface area contributed by atoms with Crippen LogP contribution < -0.4 is 5.32 Å². The standard InChI is InChI=1S/C15H20N2O2.ClH/c18-15(14-11-19-9-7-16-14)17-8-6-13(10-17)12-4-2-1-3-5-12;/h1-5,13-14,16H,6-11H2;1H. The lowest BCUT2D eigenvalue weighted by Gasteiger charge is -2.27. The van der Waals surface area contributed by atoms with Gasteiger partial charge in [-0.25, -0.2) is 0 Å². The minimum Gasteiger partial charge on any atom is -0.378 e. The number of benzene rings is 1. The summed E-state index contributed by atoms with van der Waals surface area (Å²) in [7, 11) is 0. The topological polar surface area (TPSA) is 41.6 Å². The summed E-state index contributed by atoms with van der Waals surface area (Å²) in [6.07, 6.45) is 1.06. The Morgan fingerprint density at radius 1 is 1.30 bits per heavy atom. The van der Waals surface area contributed by atoms with E-state index in [2.05, 4.69) is 29.6 Å². The van der Waals surface area contributed by atoms with Gasteiger partial charge in [0.05, 0.1) is 13.2 Å². The molecule has 2 heterocycles. The molecule has 2 saturated heterocycles. The highest BCUT2D eigenvalue weighted by atomic mass is 35.5. The molecule has 4 nitrogen and oxygen atoms in total. The third-order valence-electron chi connectivity index (χ3n) is 3.99. The van der Waals surface area contributed by atoms with Gasteiger partial charge in [-0.3, -0.25) is 4.79 Å². The molecule has 0 aliphatic carbocycles. The van der Waals surface area contributed by atoms with E-state index in [-0.39, 0.29) is 24.4 Å². The fraction of sp³-hybridized carbons (Fsp3) is 0.533. The van der Waals surface area contributed by atoms with E-state index in [9.17, 15) is 4.79 Å². The lowest BCUT2D eigenvalue weighted by Crippen LogP contribution is -2.52. The van der Waals surface area contributed by atoms with E-state index >= 15 is 0 Å². The summed E-state index contributed by atoms with van der Waals surface area (Å²) in [4.78, 5) is 14.3. The smallest absolute Gasteiger partial charge is 0.242 e. The zero-order valence-corrected chi connectivity index (χ0v) is 12.3. The maximum absolute atomic E-state index is 12.4. The van der Waals surface area contributed by atoms with Crippen LogP contribution in [-0.4, -0.2) is 49.7 Å². The Balaban J connectivity index is 0.00000147. The number of rotatable bonds is 2. The van der Waals surface area contributed by atoms with Crippen LogP contribution in [0.2, 0.25) is 0 Å². The quantitative estimate of drug-likeness (QED) is 0.897. The molecule has 1 N–H and O–H groups in total. The van der Waals surface area contributed by atoms with Gasteiger partial charge in [-0.15, -0.1) is 12.4 Å². The summed E-state index contributed by atoms with van der Waals surface area (Å²) in [5.41, 5.74) is 1.34. The van der Waals surface area contributed by atoms with Crippen molar-refractivity contribution in [2.75, 3.05) is 32.8 Å². The molecular formula is C15H21ClN2O2. The van der Waals surface area contributed by atoms with Crippen molar-refractivity contribution in [3.05, 3.63) is 35.9 Å². The molecular weight excluding hydrogens is 276 g/mol. The van der Waals surface area contributed by atoms with Gasteiger partial charge in [0.2, 0.25) is 5.91 Å². The average molecular weight is 297 g/mol. The number of nitrogens with one attached hydrogen (secondary N) is 1. The van der Waals surface area contributed by atoms with Crippen LogP contribution in [0.15, 0.2) is 30.3 Å². The first kappa shape index (κ1) is 15.3. The second kappa shape index (κ2) is 7.07. The van der Waals surface area contributed by atoms with Crippen molar-refractivity contribution in [3.8, 4) is 0 Å². The van der Waals surface area contributed by atoms with Gasteiger partial charge in [0.15, 0.2) is 0 Å². The van der Waals surface area contributed by atoms with Gasteiger partial charge in [-0.05, 0) is 12.0 Å². The van der Waals surface area contributed by atoms with E-state index in [0.29, 0.717) is 19.1 Å². The van der Waals surface area contributed by atoms with Crippen LogP contribution in [-0.2, 0) is 9.53 Å². The number of carbonyl (C=O) groups is 1. The van der Waals surface area contributed by atoms with Gasteiger partial charge in [-0.1, -0.05) is 30.3 Å². The maximum atomic E-state index is 12.4. The Kier molecular flexibility index (Phi) is 5.40. The lowest BCUT2D eigenvalue weighted by molar-refractivity contribution is -0.135. The minimum atomic E-state index is -0.150. The zero-order valence-electron chi connectivity index (χ0n) is 11.5. The van der Waals surface area contributed by atoms with Gasteiger partial charge in [0.1, 0.15) is 6.04 Å². The molecule has 0 saturated carbocycles. The van der Waals surface area contributed by atoms with Crippen molar-refractivity contribution in [1.29, 1.82) is 0 Å². The lowest BCUT2D eigenvalue weighted by atomic mass is 9.99. The van der Waals surface area contributed by atoms with E-state index in [1.807, 2.05) is 11.0 Å². The first-order chi connectivity index (χ1) is 9.34. The number of amides is 1. The van der Waals surface area contributed by atoms with E-state index in [4.69, 9.17) is 4.74 Å². The number of ether oxygens (including phenoxy) is 1. The summed E-state index contributed by atoms with van der Waals surface area (Å²) in [6.45, 7) is 3.67. The number of hydrogen-bond donors (Lipinski definition) is 1. The molecule has 2 fully saturated rings. The molecule has 110 valence electrons. The monoisotopic (exact) mass is 296 g/mol. The van der Waals surface area contributed by atoms with E-state index in [0.717, 1.165) is 26.1 Å². The predicted octanol–water partition coefficient (Wildman–Crippen LogP) is 1.41. The maximum Gasteiger partial charge on any atom is 0.242 e. The predicted molar refractivity (Wildman–Crippen MR) is 80.2 cm³/mol. The van der Waals surface area contributed by atoms with Crippen molar-refractivity contribution in [2.24, 2.45) is 0 Å². The highest BCUT2D eigenvalue weighted by molar-refractivity contribution is 5.85. The Morgan fingerprint density at radius 2 is 2.10 bits per heavy atom. The number of morpholine rings is 1. The third kappa shape index (κ3) is 3.32. The summed E-state index contributed by atoms with van der Waals surface area (Å²) in [6, 6.07) is 10.3. The summed E-state index contributed by atoms with van der Waals surface area (Å²) < 4.78 is 5.36. The normalized spacial score (nSPS) is 26.1. The first-order valence-corrected chi connectivity index (χ1v) is 6.99. The fourth-order valence-corrected chi connectivity index (χ4v) is 2.90. The van der Waals surface area contributed by atoms with Crippen molar-refractivity contribution in [1.82, 2.24) is 10.2 Å². The zero-order chi connectivity index (χ0) is 13.1. The molecule has 3 rings (SSSR count). The largest absolute Gasteiger partial charge is 0.378 e. The molecule has 5 heteroatoms. The number of halogens is 1. The van der Waals surface area contributed by atoms with Crippen molar-refractivity contribution in [3.63, 3.8) is 0 Å². The van der Waals surface area contributed by atoms with Crippen molar-refractivity contribution < 1.29 is 9.53 Å². The molecule has 2 atom stereocenters. The minimum absolute atomic E-state index is 0. The van der Waals surface area contributed by atoms with E-state index in [1.165, 1.54) is 5.56 Å². The molecule has 1 aromatic carbocycles. The molecule has 20 heavy (non-hydrogen) atoms. The number of likely N-dealkylation sites (tertiary alicyclic amines) is 1. The molecule has 1 amide bonds. The van der Waals surface area contributed by atoms with Crippen LogP contribution in [0.25, 0.3) is 0 Å². The first-order valence-electron chi connectivity index (χ1n) is 6.99. The second-order valence-corrected chi connectivity index (χ2v) is 5.26. The van der Waals surface area contributed by atoms with Gasteiger partial charge in [-0.2, -0.15) is 0 Å². The second-order valence-electron chi connectivity index (χ2n) is 5.26. The molecule has 0 aromatic heterocycles. The molecule has 1 aromatic rings. The Bertz CT molecular complexity index is 435. The molecule has 0 spiro atoms. The van der Waals surface area contributed by atoms with Gasteiger partial charge in [0.25, 0.3) is 0 Å². The van der Waals surface area contributed by atoms with Gasteiger partial charge < -0.3 is 15.0 Å². The molecule has 0 radical (unpaired) electrons. The Morgan fingerprint density at radius 3 is 2.80 bits per heavy atom. The Labute approximate surface area is 125 Å². The molecule has 2 unspecified atom stereocenters. The molecule has 2 aliphatic heterocycles. The highest BCUT2D eigenvalue weighted by Crippen LogP contribution is 2.27. The van der Waals surface area contributed by atoms with Crippen LogP contribution in [0.4, 0.5) is 0 Å². The molecule has 0 bridgehead atoms. The highest BCUT2D eigenvalue weighted by Gasteiger charge is 2.32. The SMILES string of the molecule is Cl.O=C(C1COCCN1)N1CCC(c2ccccc2)C1. The average Bonchev–Trinajstić information content (AvgIpc) is 2.98. The van der Waals surface area contributed by atoms with Crippen LogP contribution in [0.5, 0.6) is 0 Å². The van der Waals surface area contributed by atoms with Gasteiger partial charge in [0, 0.05) is 25.6 Å². The van der Waals surface area contributed by atoms with Gasteiger partial charge >= 0.3 is 0 Å². The van der Waals surface area contributed by atoms with Crippen molar-refractivity contribution in [2.45, 2.75) is 18.4 Å². The number of carbonyl (C=O) groups excluding carboxylic acids is 1. The Hall–Kier alpha value is -1.10. The molecule has 2 aliphatic rings. The van der Waals surface area contributed by atoms with Crippen molar-refractivity contribution >= 4 is 18.3 Å². The summed E-state index contributed by atoms with van der Waals surface area (Å²) >= 11 is 0.